The molecule has 1 saturated heterocycles. The van der Waals surface area contributed by atoms with Gasteiger partial charge in [0, 0.05) is 0 Å². The monoisotopic (exact) mass is 412 g/mol. The summed E-state index contributed by atoms with van der Waals surface area (Å²) in [6, 6.07) is 14.4. The van der Waals surface area contributed by atoms with Crippen LogP contribution in [0.15, 0.2) is 48.5 Å². The highest BCUT2D eigenvalue weighted by Crippen LogP contribution is 2.31. The molecule has 5 N–H and O–H groups in total. The Balaban J connectivity index is 1.75. The number of amides is 2. The van der Waals surface area contributed by atoms with E-state index in [1.807, 2.05) is 26.0 Å². The highest BCUT2D eigenvalue weighted by Gasteiger charge is 2.40. The fraction of sp³-hybridized carbons (Fsp3) is 0.391. The average molecular weight is 413 g/mol. The molecule has 2 aromatic carbocycles. The van der Waals surface area contributed by atoms with Gasteiger partial charge in [0.05, 0.1) is 7.05 Å². The third kappa shape index (κ3) is 5.05. The van der Waals surface area contributed by atoms with Gasteiger partial charge in [0.15, 0.2) is 12.1 Å². The second-order valence-electron chi connectivity index (χ2n) is 8.34. The Kier molecular flexibility index (Phi) is 6.87. The SMILES string of the molecule is Cc1cccc(C(O)(C(=O)NNC(=O)C[NH+]2CC[NH+](C)CC2)c2cccc(C)c2)c1. The number of quaternary nitrogens is 2. The van der Waals surface area contributed by atoms with Crippen LogP contribution in [0.2, 0.25) is 0 Å². The second kappa shape index (κ2) is 9.38. The van der Waals surface area contributed by atoms with Gasteiger partial charge in [-0.05, 0) is 25.0 Å². The lowest BCUT2D eigenvalue weighted by Gasteiger charge is -2.29. The van der Waals surface area contributed by atoms with Crippen molar-refractivity contribution in [2.45, 2.75) is 19.4 Å². The number of rotatable bonds is 5. The van der Waals surface area contributed by atoms with E-state index in [1.54, 1.807) is 36.4 Å². The zero-order valence-electron chi connectivity index (χ0n) is 17.9. The van der Waals surface area contributed by atoms with Crippen LogP contribution in [-0.2, 0) is 15.2 Å². The van der Waals surface area contributed by atoms with Gasteiger partial charge in [0.1, 0.15) is 26.2 Å². The summed E-state index contributed by atoms with van der Waals surface area (Å²) in [5.74, 6) is -0.960. The highest BCUT2D eigenvalue weighted by molar-refractivity contribution is 5.91. The van der Waals surface area contributed by atoms with Crippen molar-refractivity contribution in [1.29, 1.82) is 0 Å². The van der Waals surface area contributed by atoms with Crippen LogP contribution in [0, 0.1) is 13.8 Å². The smallest absolute Gasteiger partial charge is 0.293 e. The lowest BCUT2D eigenvalue weighted by atomic mass is 9.84. The Morgan fingerprint density at radius 1 is 0.933 bits per heavy atom. The molecule has 0 radical (unpaired) electrons. The number of aliphatic hydroxyl groups is 1. The minimum Gasteiger partial charge on any atom is -0.372 e. The van der Waals surface area contributed by atoms with E-state index >= 15 is 0 Å². The highest BCUT2D eigenvalue weighted by atomic mass is 16.3. The van der Waals surface area contributed by atoms with Gasteiger partial charge in [-0.25, -0.2) is 0 Å². The molecule has 0 unspecified atom stereocenters. The summed E-state index contributed by atoms with van der Waals surface area (Å²) < 4.78 is 0. The summed E-state index contributed by atoms with van der Waals surface area (Å²) in [6.45, 7) is 7.99. The quantitative estimate of drug-likeness (QED) is 0.372. The molecular weight excluding hydrogens is 380 g/mol. The molecule has 3 rings (SSSR count). The van der Waals surface area contributed by atoms with E-state index in [9.17, 15) is 14.7 Å². The first-order valence-electron chi connectivity index (χ1n) is 10.4. The number of likely N-dealkylation sites (N-methyl/N-ethyl adjacent to an activating group) is 1. The maximum absolute atomic E-state index is 13.1. The second-order valence-corrected chi connectivity index (χ2v) is 8.34. The van der Waals surface area contributed by atoms with E-state index in [0.29, 0.717) is 17.7 Å². The van der Waals surface area contributed by atoms with Gasteiger partial charge in [-0.3, -0.25) is 20.4 Å². The van der Waals surface area contributed by atoms with Gasteiger partial charge in [0.2, 0.25) is 0 Å². The number of carbonyl (C=O) groups excluding carboxylic acids is 2. The third-order valence-electron chi connectivity index (χ3n) is 5.74. The molecular formula is C23H32N4O3+2. The first kappa shape index (κ1) is 22.0. The molecule has 30 heavy (non-hydrogen) atoms. The Morgan fingerprint density at radius 3 is 1.97 bits per heavy atom. The summed E-state index contributed by atoms with van der Waals surface area (Å²) in [7, 11) is 2.15. The minimum absolute atomic E-state index is 0.270. The Bertz CT molecular complexity index is 861. The number of benzene rings is 2. The summed E-state index contributed by atoms with van der Waals surface area (Å²) in [6.07, 6.45) is 0. The van der Waals surface area contributed by atoms with Crippen molar-refractivity contribution < 1.29 is 24.5 Å². The molecule has 2 aromatic rings. The van der Waals surface area contributed by atoms with Crippen LogP contribution >= 0.6 is 0 Å². The minimum atomic E-state index is -1.92. The largest absolute Gasteiger partial charge is 0.372 e. The number of nitrogens with one attached hydrogen (secondary N) is 4. The Labute approximate surface area is 177 Å². The van der Waals surface area contributed by atoms with Crippen molar-refractivity contribution in [2.24, 2.45) is 0 Å². The number of hydrogen-bond donors (Lipinski definition) is 5. The molecule has 0 spiro atoms. The van der Waals surface area contributed by atoms with Gasteiger partial charge in [-0.1, -0.05) is 59.7 Å². The Morgan fingerprint density at radius 2 is 1.47 bits per heavy atom. The predicted octanol–water partition coefficient (Wildman–Crippen LogP) is -1.90. The van der Waals surface area contributed by atoms with Gasteiger partial charge in [-0.2, -0.15) is 0 Å². The standard InChI is InChI=1S/C23H30N4O3/c1-17-6-4-8-19(14-17)23(30,20-9-5-7-18(2)15-20)22(29)25-24-21(28)16-27-12-10-26(3)11-13-27/h4-9,14-15,30H,10-13,16H2,1-3H3,(H,24,28)(H,25,29)/p+2. The summed E-state index contributed by atoms with van der Waals surface area (Å²) >= 11 is 0. The van der Waals surface area contributed by atoms with E-state index in [-0.39, 0.29) is 5.91 Å². The van der Waals surface area contributed by atoms with Crippen molar-refractivity contribution in [1.82, 2.24) is 10.9 Å². The number of aryl methyl sites for hydroxylation is 2. The van der Waals surface area contributed by atoms with E-state index in [1.165, 1.54) is 9.80 Å². The normalized spacial score (nSPS) is 19.2. The van der Waals surface area contributed by atoms with Crippen molar-refractivity contribution >= 4 is 11.8 Å². The topological polar surface area (TPSA) is 87.3 Å². The molecule has 7 heteroatoms. The fourth-order valence-electron chi connectivity index (χ4n) is 3.86. The van der Waals surface area contributed by atoms with Crippen LogP contribution < -0.4 is 20.7 Å². The number of carbonyl (C=O) groups is 2. The molecule has 7 nitrogen and oxygen atoms in total. The number of hydrazine groups is 1. The van der Waals surface area contributed by atoms with Crippen LogP contribution in [0.25, 0.3) is 0 Å². The van der Waals surface area contributed by atoms with Crippen LogP contribution in [0.3, 0.4) is 0 Å². The van der Waals surface area contributed by atoms with Crippen molar-refractivity contribution in [3.63, 3.8) is 0 Å². The first-order chi connectivity index (χ1) is 14.3. The van der Waals surface area contributed by atoms with Gasteiger partial charge in [0.25, 0.3) is 11.8 Å². The van der Waals surface area contributed by atoms with E-state index in [2.05, 4.69) is 17.9 Å². The van der Waals surface area contributed by atoms with Gasteiger partial charge < -0.3 is 14.9 Å². The lowest BCUT2D eigenvalue weighted by molar-refractivity contribution is -1.000. The molecule has 0 bridgehead atoms. The molecule has 0 atom stereocenters. The van der Waals surface area contributed by atoms with Crippen molar-refractivity contribution in [3.8, 4) is 0 Å². The Hall–Kier alpha value is -2.74. The molecule has 0 aliphatic carbocycles. The van der Waals surface area contributed by atoms with E-state index in [0.717, 1.165) is 37.3 Å². The van der Waals surface area contributed by atoms with Crippen LogP contribution in [0.5, 0.6) is 0 Å². The lowest BCUT2D eigenvalue weighted by Crippen LogP contribution is -3.27. The van der Waals surface area contributed by atoms with Gasteiger partial charge in [-0.15, -0.1) is 0 Å². The van der Waals surface area contributed by atoms with Crippen molar-refractivity contribution in [3.05, 3.63) is 70.8 Å². The molecule has 1 heterocycles. The molecule has 0 saturated carbocycles. The average Bonchev–Trinajstić information content (AvgIpc) is 2.73. The maximum Gasteiger partial charge on any atom is 0.293 e. The molecule has 2 amide bonds. The summed E-state index contributed by atoms with van der Waals surface area (Å²) in [4.78, 5) is 28.2. The van der Waals surface area contributed by atoms with Crippen molar-refractivity contribution in [2.75, 3.05) is 39.8 Å². The third-order valence-corrected chi connectivity index (χ3v) is 5.74. The summed E-state index contributed by atoms with van der Waals surface area (Å²) in [5, 5.41) is 11.6. The predicted molar refractivity (Wildman–Crippen MR) is 114 cm³/mol. The van der Waals surface area contributed by atoms with Crippen LogP contribution in [-0.4, -0.2) is 56.7 Å². The zero-order chi connectivity index (χ0) is 21.7. The first-order valence-corrected chi connectivity index (χ1v) is 10.4. The molecule has 0 aromatic heterocycles. The van der Waals surface area contributed by atoms with Crippen LogP contribution in [0.1, 0.15) is 22.3 Å². The maximum atomic E-state index is 13.1. The fourth-order valence-corrected chi connectivity index (χ4v) is 3.86. The van der Waals surface area contributed by atoms with Gasteiger partial charge >= 0.3 is 0 Å². The molecule has 160 valence electrons. The molecule has 1 fully saturated rings. The number of piperazine rings is 1. The molecule has 1 aliphatic heterocycles. The van der Waals surface area contributed by atoms with E-state index in [4.69, 9.17) is 0 Å². The number of hydrogen-bond acceptors (Lipinski definition) is 3. The summed E-state index contributed by atoms with van der Waals surface area (Å²) in [5.41, 5.74) is 5.78. The van der Waals surface area contributed by atoms with Crippen LogP contribution in [0.4, 0.5) is 0 Å². The van der Waals surface area contributed by atoms with E-state index < -0.39 is 11.5 Å². The zero-order valence-corrected chi connectivity index (χ0v) is 17.9. The molecule has 1 aliphatic rings.